The van der Waals surface area contributed by atoms with Crippen LogP contribution in [0.15, 0.2) is 47.5 Å². The Morgan fingerprint density at radius 1 is 1.11 bits per heavy atom. The highest BCUT2D eigenvalue weighted by Crippen LogP contribution is 2.28. The molecule has 4 aromatic rings. The van der Waals surface area contributed by atoms with Crippen LogP contribution in [0.4, 0.5) is 13.2 Å². The van der Waals surface area contributed by atoms with E-state index in [-0.39, 0.29) is 46.4 Å². The molecule has 0 aliphatic rings. The predicted octanol–water partition coefficient (Wildman–Crippen LogP) is 4.08. The van der Waals surface area contributed by atoms with Crippen molar-refractivity contribution in [3.63, 3.8) is 0 Å². The van der Waals surface area contributed by atoms with Gasteiger partial charge in [-0.25, -0.2) is 18.2 Å². The molecule has 0 radical (unpaired) electrons. The quantitative estimate of drug-likeness (QED) is 0.300. The van der Waals surface area contributed by atoms with Crippen molar-refractivity contribution in [2.75, 3.05) is 0 Å². The summed E-state index contributed by atoms with van der Waals surface area (Å²) in [6, 6.07) is 6.46. The summed E-state index contributed by atoms with van der Waals surface area (Å²) in [6.07, 6.45) is 2.20. The molecule has 4 rings (SSSR count). The van der Waals surface area contributed by atoms with Crippen molar-refractivity contribution < 1.29 is 27.7 Å². The number of halogens is 3. The average molecular weight is 527 g/mol. The first-order valence-electron chi connectivity index (χ1n) is 11.6. The summed E-state index contributed by atoms with van der Waals surface area (Å²) in [6.45, 7) is 7.11. The smallest absolute Gasteiger partial charge is 0.262 e. The van der Waals surface area contributed by atoms with Gasteiger partial charge in [-0.15, -0.1) is 0 Å². The van der Waals surface area contributed by atoms with Gasteiger partial charge in [0, 0.05) is 36.2 Å². The second kappa shape index (κ2) is 9.90. The molecule has 0 bridgehead atoms. The number of pyridine rings is 4. The fourth-order valence-corrected chi connectivity index (χ4v) is 4.06. The highest BCUT2D eigenvalue weighted by molar-refractivity contribution is 5.59. The van der Waals surface area contributed by atoms with E-state index in [0.717, 1.165) is 10.8 Å². The van der Waals surface area contributed by atoms with Gasteiger partial charge in [-0.2, -0.15) is 4.73 Å². The van der Waals surface area contributed by atoms with E-state index in [4.69, 9.17) is 4.74 Å². The molecule has 0 saturated heterocycles. The van der Waals surface area contributed by atoms with Crippen molar-refractivity contribution in [2.45, 2.75) is 46.8 Å². The number of hydrogen-bond acceptors (Lipinski definition) is 6. The zero-order valence-electron chi connectivity index (χ0n) is 21.3. The van der Waals surface area contributed by atoms with Gasteiger partial charge in [0.15, 0.2) is 17.3 Å². The minimum atomic E-state index is -1.49. The minimum Gasteiger partial charge on any atom is -0.618 e. The Bertz CT molecular complexity index is 1610. The number of hydrogen-bond donors (Lipinski definition) is 1. The second-order valence-electron chi connectivity index (χ2n) is 9.39. The molecule has 0 fully saturated rings. The third-order valence-electron chi connectivity index (χ3n) is 6.05. The Morgan fingerprint density at radius 2 is 1.82 bits per heavy atom. The van der Waals surface area contributed by atoms with Crippen LogP contribution in [0.3, 0.4) is 0 Å². The maximum atomic E-state index is 16.0. The normalized spacial score (nSPS) is 11.6. The largest absolute Gasteiger partial charge is 0.618 e. The molecule has 1 N–H and O–H groups in total. The molecular formula is C27H25F3N4O4. The predicted molar refractivity (Wildman–Crippen MR) is 132 cm³/mol. The third-order valence-corrected chi connectivity index (χ3v) is 6.05. The van der Waals surface area contributed by atoms with E-state index in [0.29, 0.717) is 22.1 Å². The molecule has 4 heterocycles. The van der Waals surface area contributed by atoms with E-state index in [1.807, 2.05) is 0 Å². The molecule has 38 heavy (non-hydrogen) atoms. The van der Waals surface area contributed by atoms with Gasteiger partial charge in [0.1, 0.15) is 29.5 Å². The monoisotopic (exact) mass is 526 g/mol. The molecule has 0 spiro atoms. The maximum Gasteiger partial charge on any atom is 0.262 e. The summed E-state index contributed by atoms with van der Waals surface area (Å²) in [4.78, 5) is 21.2. The van der Waals surface area contributed by atoms with Gasteiger partial charge in [0.2, 0.25) is 11.4 Å². The summed E-state index contributed by atoms with van der Waals surface area (Å²) in [5.74, 6) is -2.50. The van der Waals surface area contributed by atoms with E-state index in [2.05, 4.69) is 9.97 Å². The minimum absolute atomic E-state index is 0.00361. The third kappa shape index (κ3) is 4.84. The standard InChI is InChI=1S/C27H25F3N4O4/c1-14-11-32-24(20-7-6-8-22(34(20)37)27(4,5)36)23(30)25(14)33-15(2)9-21(16(3)26(33)35)38-13-19-18(29)10-17(28)12-31-19/h6-12,36H,13H2,1-5H3. The van der Waals surface area contributed by atoms with Gasteiger partial charge in [0.25, 0.3) is 5.56 Å². The van der Waals surface area contributed by atoms with Crippen molar-refractivity contribution in [3.05, 3.63) is 104 Å². The Morgan fingerprint density at radius 3 is 2.47 bits per heavy atom. The van der Waals surface area contributed by atoms with Gasteiger partial charge in [-0.05, 0) is 46.2 Å². The molecule has 0 aliphatic carbocycles. The lowest BCUT2D eigenvalue weighted by Gasteiger charge is -2.20. The molecule has 4 aromatic heterocycles. The molecule has 0 aromatic carbocycles. The maximum absolute atomic E-state index is 16.0. The number of aromatic nitrogens is 4. The van der Waals surface area contributed by atoms with Crippen LogP contribution in [-0.4, -0.2) is 19.6 Å². The zero-order chi connectivity index (χ0) is 27.9. The van der Waals surface area contributed by atoms with Crippen LogP contribution in [0.1, 0.15) is 42.1 Å². The molecule has 11 heteroatoms. The van der Waals surface area contributed by atoms with Crippen LogP contribution in [0, 0.1) is 43.4 Å². The Kier molecular flexibility index (Phi) is 6.98. The zero-order valence-corrected chi connectivity index (χ0v) is 21.3. The van der Waals surface area contributed by atoms with E-state index in [1.54, 1.807) is 13.8 Å². The molecular weight excluding hydrogens is 501 g/mol. The van der Waals surface area contributed by atoms with Crippen LogP contribution < -0.4 is 15.0 Å². The van der Waals surface area contributed by atoms with Gasteiger partial charge >= 0.3 is 0 Å². The Balaban J connectivity index is 1.80. The molecule has 0 unspecified atom stereocenters. The lowest BCUT2D eigenvalue weighted by Crippen LogP contribution is -2.41. The summed E-state index contributed by atoms with van der Waals surface area (Å²) < 4.78 is 50.2. The van der Waals surface area contributed by atoms with Gasteiger partial charge in [-0.1, -0.05) is 0 Å². The number of ether oxygens (including phenoxy) is 1. The van der Waals surface area contributed by atoms with Crippen LogP contribution in [0.2, 0.25) is 0 Å². The first-order valence-corrected chi connectivity index (χ1v) is 11.6. The van der Waals surface area contributed by atoms with Crippen LogP contribution in [-0.2, 0) is 12.2 Å². The summed E-state index contributed by atoms with van der Waals surface area (Å²) >= 11 is 0. The number of aliphatic hydroxyl groups is 1. The van der Waals surface area contributed by atoms with Gasteiger partial charge in [-0.3, -0.25) is 14.3 Å². The first-order chi connectivity index (χ1) is 17.8. The first kappa shape index (κ1) is 26.8. The van der Waals surface area contributed by atoms with Gasteiger partial charge in [0.05, 0.1) is 17.4 Å². The second-order valence-corrected chi connectivity index (χ2v) is 9.39. The molecule has 0 saturated carbocycles. The van der Waals surface area contributed by atoms with E-state index in [1.165, 1.54) is 51.2 Å². The molecule has 198 valence electrons. The van der Waals surface area contributed by atoms with Crippen LogP contribution in [0.25, 0.3) is 17.1 Å². The van der Waals surface area contributed by atoms with E-state index >= 15 is 4.39 Å². The fourth-order valence-electron chi connectivity index (χ4n) is 4.06. The van der Waals surface area contributed by atoms with E-state index < -0.39 is 28.6 Å². The number of rotatable bonds is 6. The van der Waals surface area contributed by atoms with Gasteiger partial charge < -0.3 is 15.1 Å². The number of aryl methyl sites for hydroxylation is 2. The number of nitrogens with zero attached hydrogens (tertiary/aromatic N) is 4. The highest BCUT2D eigenvalue weighted by Gasteiger charge is 2.30. The topological polar surface area (TPSA) is 104 Å². The molecule has 0 amide bonds. The van der Waals surface area contributed by atoms with Crippen molar-refractivity contribution in [2.24, 2.45) is 0 Å². The molecule has 0 atom stereocenters. The van der Waals surface area contributed by atoms with Crippen LogP contribution >= 0.6 is 0 Å². The fraction of sp³-hybridized carbons (Fsp3) is 0.259. The van der Waals surface area contributed by atoms with Crippen molar-refractivity contribution in [1.82, 2.24) is 14.5 Å². The van der Waals surface area contributed by atoms with E-state index in [9.17, 15) is 23.9 Å². The molecule has 0 aliphatic heterocycles. The van der Waals surface area contributed by atoms with Crippen molar-refractivity contribution in [1.29, 1.82) is 0 Å². The summed E-state index contributed by atoms with van der Waals surface area (Å²) in [5.41, 5.74) is -2.05. The van der Waals surface area contributed by atoms with Crippen molar-refractivity contribution >= 4 is 0 Å². The Labute approximate surface area is 216 Å². The Hall–Kier alpha value is -4.25. The lowest BCUT2D eigenvalue weighted by molar-refractivity contribution is -0.611. The molecule has 8 nitrogen and oxygen atoms in total. The highest BCUT2D eigenvalue weighted by atomic mass is 19.1. The SMILES string of the molecule is Cc1cnc(-c2cccc(C(C)(C)O)[n+]2[O-])c(F)c1-n1c(C)cc(OCc2ncc(F)cc2F)c(C)c1=O. The van der Waals surface area contributed by atoms with Crippen molar-refractivity contribution in [3.8, 4) is 22.8 Å². The van der Waals surface area contributed by atoms with Crippen LogP contribution in [0.5, 0.6) is 5.75 Å². The summed E-state index contributed by atoms with van der Waals surface area (Å²) in [7, 11) is 0. The average Bonchev–Trinajstić information content (AvgIpc) is 2.83. The lowest BCUT2D eigenvalue weighted by atomic mass is 10.0. The summed E-state index contributed by atoms with van der Waals surface area (Å²) in [5, 5.41) is 23.3.